The fraction of sp³-hybridized carbons (Fsp3) is 0.0714. The maximum atomic E-state index is 11.8. The highest BCUT2D eigenvalue weighted by atomic mass is 35.5. The van der Waals surface area contributed by atoms with Gasteiger partial charge in [0.15, 0.2) is 0 Å². The Morgan fingerprint density at radius 2 is 1.89 bits per heavy atom. The second-order valence-corrected chi connectivity index (χ2v) is 4.18. The molecule has 3 nitrogen and oxygen atoms in total. The van der Waals surface area contributed by atoms with Gasteiger partial charge in [-0.1, -0.05) is 35.9 Å². The smallest absolute Gasteiger partial charge is 0.338 e. The maximum absolute atomic E-state index is 11.8. The van der Waals surface area contributed by atoms with Gasteiger partial charge in [0.25, 0.3) is 0 Å². The first kappa shape index (κ1) is 12.5. The van der Waals surface area contributed by atoms with Crippen molar-refractivity contribution in [2.24, 2.45) is 0 Å². The summed E-state index contributed by atoms with van der Waals surface area (Å²) in [5.74, 6) is -0.433. The summed E-state index contributed by atoms with van der Waals surface area (Å²) in [6.07, 6.45) is 0. The largest absolute Gasteiger partial charge is 0.465 e. The predicted molar refractivity (Wildman–Crippen MR) is 72.6 cm³/mol. The lowest BCUT2D eigenvalue weighted by Crippen LogP contribution is -2.04. The van der Waals surface area contributed by atoms with E-state index in [1.165, 1.54) is 7.11 Å². The lowest BCUT2D eigenvalue weighted by Gasteiger charge is -2.10. The third kappa shape index (κ3) is 2.31. The van der Waals surface area contributed by atoms with Crippen molar-refractivity contribution < 1.29 is 9.53 Å². The Labute approximate surface area is 110 Å². The van der Waals surface area contributed by atoms with Gasteiger partial charge in [-0.3, -0.25) is 0 Å². The SMILES string of the molecule is COC(=O)c1cc(N)ccc1-c1ccccc1Cl. The first-order chi connectivity index (χ1) is 8.63. The van der Waals surface area contributed by atoms with Gasteiger partial charge in [0, 0.05) is 16.3 Å². The van der Waals surface area contributed by atoms with Gasteiger partial charge < -0.3 is 10.5 Å². The molecule has 2 aromatic carbocycles. The fourth-order valence-electron chi connectivity index (χ4n) is 1.76. The normalized spacial score (nSPS) is 10.1. The number of methoxy groups -OCH3 is 1. The van der Waals surface area contributed by atoms with Gasteiger partial charge >= 0.3 is 5.97 Å². The quantitative estimate of drug-likeness (QED) is 0.666. The van der Waals surface area contributed by atoms with Gasteiger partial charge in [-0.2, -0.15) is 0 Å². The average molecular weight is 262 g/mol. The van der Waals surface area contributed by atoms with Crippen LogP contribution in [-0.2, 0) is 4.74 Å². The molecule has 0 aliphatic rings. The molecule has 18 heavy (non-hydrogen) atoms. The van der Waals surface area contributed by atoms with Crippen LogP contribution in [0.2, 0.25) is 5.02 Å². The Morgan fingerprint density at radius 3 is 2.56 bits per heavy atom. The Morgan fingerprint density at radius 1 is 1.17 bits per heavy atom. The van der Waals surface area contributed by atoms with Crippen LogP contribution in [0.3, 0.4) is 0 Å². The highest BCUT2D eigenvalue weighted by Gasteiger charge is 2.15. The van der Waals surface area contributed by atoms with Crippen LogP contribution >= 0.6 is 11.6 Å². The van der Waals surface area contributed by atoms with Crippen LogP contribution < -0.4 is 5.73 Å². The molecule has 0 unspecified atom stereocenters. The number of benzene rings is 2. The van der Waals surface area contributed by atoms with Crippen molar-refractivity contribution in [2.75, 3.05) is 12.8 Å². The van der Waals surface area contributed by atoms with Gasteiger partial charge in [0.1, 0.15) is 0 Å². The molecule has 0 fully saturated rings. The van der Waals surface area contributed by atoms with Crippen LogP contribution in [0, 0.1) is 0 Å². The van der Waals surface area contributed by atoms with E-state index < -0.39 is 5.97 Å². The summed E-state index contributed by atoms with van der Waals surface area (Å²) < 4.78 is 4.76. The average Bonchev–Trinajstić information content (AvgIpc) is 2.39. The van der Waals surface area contributed by atoms with Crippen molar-refractivity contribution >= 4 is 23.3 Å². The van der Waals surface area contributed by atoms with E-state index in [2.05, 4.69) is 0 Å². The van der Waals surface area contributed by atoms with E-state index in [4.69, 9.17) is 22.1 Å². The minimum absolute atomic E-state index is 0.408. The number of ether oxygens (including phenoxy) is 1. The second-order valence-electron chi connectivity index (χ2n) is 3.78. The number of hydrogen-bond donors (Lipinski definition) is 1. The summed E-state index contributed by atoms with van der Waals surface area (Å²) in [5.41, 5.74) is 8.10. The van der Waals surface area contributed by atoms with Crippen LogP contribution in [-0.4, -0.2) is 13.1 Å². The van der Waals surface area contributed by atoms with Gasteiger partial charge in [-0.25, -0.2) is 4.79 Å². The van der Waals surface area contributed by atoms with E-state index in [0.29, 0.717) is 21.8 Å². The molecule has 0 bridgehead atoms. The number of esters is 1. The van der Waals surface area contributed by atoms with Crippen LogP contribution in [0.5, 0.6) is 0 Å². The molecule has 0 aliphatic carbocycles. The van der Waals surface area contributed by atoms with Crippen molar-refractivity contribution in [1.29, 1.82) is 0 Å². The molecule has 0 radical (unpaired) electrons. The van der Waals surface area contributed by atoms with E-state index in [9.17, 15) is 4.79 Å². The molecule has 0 spiro atoms. The monoisotopic (exact) mass is 261 g/mol. The molecule has 2 rings (SSSR count). The summed E-state index contributed by atoms with van der Waals surface area (Å²) in [7, 11) is 1.34. The third-order valence-electron chi connectivity index (χ3n) is 2.61. The molecule has 0 aliphatic heterocycles. The van der Waals surface area contributed by atoms with Crippen molar-refractivity contribution in [3.05, 3.63) is 53.1 Å². The zero-order valence-electron chi connectivity index (χ0n) is 9.81. The zero-order valence-corrected chi connectivity index (χ0v) is 10.6. The number of nitrogens with two attached hydrogens (primary N) is 1. The van der Waals surface area contributed by atoms with E-state index >= 15 is 0 Å². The van der Waals surface area contributed by atoms with E-state index in [1.807, 2.05) is 18.2 Å². The molecule has 0 aromatic heterocycles. The zero-order chi connectivity index (χ0) is 13.1. The number of nitrogen functional groups attached to an aromatic ring is 1. The summed E-state index contributed by atoms with van der Waals surface area (Å²) in [4.78, 5) is 11.8. The van der Waals surface area contributed by atoms with Gasteiger partial charge in [-0.15, -0.1) is 0 Å². The molecule has 92 valence electrons. The molecule has 0 atom stereocenters. The van der Waals surface area contributed by atoms with Crippen molar-refractivity contribution in [2.45, 2.75) is 0 Å². The number of carbonyl (C=O) groups is 1. The lowest BCUT2D eigenvalue weighted by molar-refractivity contribution is 0.0601. The lowest BCUT2D eigenvalue weighted by atomic mass is 9.99. The van der Waals surface area contributed by atoms with Gasteiger partial charge in [0.2, 0.25) is 0 Å². The second kappa shape index (κ2) is 5.10. The summed E-state index contributed by atoms with van der Waals surface area (Å²) in [5, 5.41) is 0.576. The topological polar surface area (TPSA) is 52.3 Å². The maximum Gasteiger partial charge on any atom is 0.338 e. The van der Waals surface area contributed by atoms with E-state index in [1.54, 1.807) is 24.3 Å². The molecule has 4 heteroatoms. The highest BCUT2D eigenvalue weighted by molar-refractivity contribution is 6.33. The van der Waals surface area contributed by atoms with E-state index in [-0.39, 0.29) is 0 Å². The van der Waals surface area contributed by atoms with Gasteiger partial charge in [-0.05, 0) is 23.8 Å². The van der Waals surface area contributed by atoms with Crippen LogP contribution in [0.25, 0.3) is 11.1 Å². The minimum Gasteiger partial charge on any atom is -0.465 e. The molecule has 2 N–H and O–H groups in total. The minimum atomic E-state index is -0.433. The van der Waals surface area contributed by atoms with Crippen molar-refractivity contribution in [3.63, 3.8) is 0 Å². The van der Waals surface area contributed by atoms with Crippen molar-refractivity contribution in [1.82, 2.24) is 0 Å². The summed E-state index contributed by atoms with van der Waals surface area (Å²) in [6, 6.07) is 12.4. The molecule has 0 heterocycles. The Bertz CT molecular complexity index is 596. The number of rotatable bonds is 2. The number of anilines is 1. The molecular formula is C14H12ClNO2. The third-order valence-corrected chi connectivity index (χ3v) is 2.94. The first-order valence-corrected chi connectivity index (χ1v) is 5.74. The number of hydrogen-bond acceptors (Lipinski definition) is 3. The van der Waals surface area contributed by atoms with Crippen molar-refractivity contribution in [3.8, 4) is 11.1 Å². The summed E-state index contributed by atoms with van der Waals surface area (Å²) in [6.45, 7) is 0. The van der Waals surface area contributed by atoms with Crippen LogP contribution in [0.1, 0.15) is 10.4 Å². The Hall–Kier alpha value is -2.00. The Balaban J connectivity index is 2.64. The first-order valence-electron chi connectivity index (χ1n) is 5.36. The number of halogens is 1. The molecular weight excluding hydrogens is 250 g/mol. The van der Waals surface area contributed by atoms with Crippen LogP contribution in [0.15, 0.2) is 42.5 Å². The Kier molecular flexibility index (Phi) is 3.53. The molecule has 0 saturated heterocycles. The number of carbonyl (C=O) groups excluding carboxylic acids is 1. The summed E-state index contributed by atoms with van der Waals surface area (Å²) >= 11 is 6.14. The van der Waals surface area contributed by atoms with E-state index in [0.717, 1.165) is 5.56 Å². The van der Waals surface area contributed by atoms with Crippen LogP contribution in [0.4, 0.5) is 5.69 Å². The molecule has 0 saturated carbocycles. The highest BCUT2D eigenvalue weighted by Crippen LogP contribution is 2.31. The molecule has 2 aromatic rings. The van der Waals surface area contributed by atoms with Gasteiger partial charge in [0.05, 0.1) is 12.7 Å². The standard InChI is InChI=1S/C14H12ClNO2/c1-18-14(17)12-8-9(16)6-7-10(12)11-4-2-3-5-13(11)15/h2-8H,16H2,1H3. The fourth-order valence-corrected chi connectivity index (χ4v) is 1.99. The predicted octanol–water partition coefficient (Wildman–Crippen LogP) is 3.38. The molecule has 0 amide bonds.